The van der Waals surface area contributed by atoms with E-state index in [1.807, 2.05) is 0 Å². The molecule has 2 rings (SSSR count). The lowest BCUT2D eigenvalue weighted by Gasteiger charge is -2.53. The molecule has 0 aromatic rings. The quantitative estimate of drug-likeness (QED) is 0.697. The lowest BCUT2D eigenvalue weighted by Crippen LogP contribution is -2.59. The molecule has 0 aromatic heterocycles. The van der Waals surface area contributed by atoms with Crippen LogP contribution in [0.2, 0.25) is 0 Å². The van der Waals surface area contributed by atoms with Gasteiger partial charge in [0.2, 0.25) is 0 Å². The van der Waals surface area contributed by atoms with Crippen molar-refractivity contribution in [3.63, 3.8) is 0 Å². The lowest BCUT2D eigenvalue weighted by molar-refractivity contribution is 0.128. The minimum atomic E-state index is 0.493. The third kappa shape index (κ3) is 1.89. The Hall–Kier alpha value is 0.310. The molecule has 1 heterocycles. The Bertz CT molecular complexity index is 185. The van der Waals surface area contributed by atoms with Gasteiger partial charge in [-0.15, -0.1) is 11.8 Å². The van der Waals surface area contributed by atoms with Gasteiger partial charge in [0.05, 0.1) is 4.87 Å². The van der Waals surface area contributed by atoms with E-state index in [-0.39, 0.29) is 0 Å². The molecule has 1 saturated heterocycles. The Labute approximate surface area is 86.0 Å². The zero-order chi connectivity index (χ0) is 9.47. The molecule has 1 N–H and O–H groups in total. The van der Waals surface area contributed by atoms with Crippen molar-refractivity contribution in [2.24, 2.45) is 11.8 Å². The molecule has 1 unspecified atom stereocenters. The van der Waals surface area contributed by atoms with Crippen molar-refractivity contribution in [3.05, 3.63) is 0 Å². The molecule has 1 aliphatic heterocycles. The molecule has 2 heteroatoms. The SMILES string of the molecule is CC1CCSC2(CC(C(C)C)C2)N1. The van der Waals surface area contributed by atoms with Crippen molar-refractivity contribution in [3.8, 4) is 0 Å². The summed E-state index contributed by atoms with van der Waals surface area (Å²) in [5.41, 5.74) is 0. The Morgan fingerprint density at radius 3 is 2.62 bits per heavy atom. The maximum absolute atomic E-state index is 3.78. The van der Waals surface area contributed by atoms with Gasteiger partial charge in [-0.25, -0.2) is 0 Å². The fourth-order valence-corrected chi connectivity index (χ4v) is 4.30. The molecule has 2 aliphatic rings. The molecule has 1 atom stereocenters. The van der Waals surface area contributed by atoms with Crippen LogP contribution in [0.4, 0.5) is 0 Å². The fourth-order valence-electron chi connectivity index (χ4n) is 2.49. The second-order valence-electron chi connectivity index (χ2n) is 5.09. The summed E-state index contributed by atoms with van der Waals surface area (Å²) in [5.74, 6) is 3.22. The third-order valence-corrected chi connectivity index (χ3v) is 5.01. The van der Waals surface area contributed by atoms with Crippen LogP contribution in [0.15, 0.2) is 0 Å². The highest BCUT2D eigenvalue weighted by Gasteiger charge is 2.47. The van der Waals surface area contributed by atoms with E-state index in [0.29, 0.717) is 4.87 Å². The molecule has 0 radical (unpaired) electrons. The van der Waals surface area contributed by atoms with E-state index < -0.39 is 0 Å². The predicted molar refractivity (Wildman–Crippen MR) is 60.0 cm³/mol. The molecular weight excluding hydrogens is 178 g/mol. The molecular formula is C11H21NS. The van der Waals surface area contributed by atoms with Crippen LogP contribution in [0.5, 0.6) is 0 Å². The van der Waals surface area contributed by atoms with Crippen LogP contribution in [0, 0.1) is 11.8 Å². The summed E-state index contributed by atoms with van der Waals surface area (Å²) in [6.07, 6.45) is 4.15. The second-order valence-corrected chi connectivity index (χ2v) is 6.57. The summed E-state index contributed by atoms with van der Waals surface area (Å²) >= 11 is 2.17. The average molecular weight is 199 g/mol. The molecule has 1 aliphatic carbocycles. The van der Waals surface area contributed by atoms with Crippen molar-refractivity contribution in [1.29, 1.82) is 0 Å². The summed E-state index contributed by atoms with van der Waals surface area (Å²) in [4.78, 5) is 0.493. The van der Waals surface area contributed by atoms with Gasteiger partial charge in [0.1, 0.15) is 0 Å². The summed E-state index contributed by atoms with van der Waals surface area (Å²) in [6.45, 7) is 7.03. The van der Waals surface area contributed by atoms with Crippen LogP contribution >= 0.6 is 11.8 Å². The van der Waals surface area contributed by atoms with E-state index in [9.17, 15) is 0 Å². The monoisotopic (exact) mass is 199 g/mol. The van der Waals surface area contributed by atoms with Crippen molar-refractivity contribution < 1.29 is 0 Å². The van der Waals surface area contributed by atoms with Gasteiger partial charge in [0.25, 0.3) is 0 Å². The highest BCUT2D eigenvalue weighted by Crippen LogP contribution is 2.50. The van der Waals surface area contributed by atoms with E-state index >= 15 is 0 Å². The van der Waals surface area contributed by atoms with Gasteiger partial charge < -0.3 is 5.32 Å². The van der Waals surface area contributed by atoms with E-state index in [4.69, 9.17) is 0 Å². The second kappa shape index (κ2) is 3.47. The Kier molecular flexibility index (Phi) is 2.63. The fraction of sp³-hybridized carbons (Fsp3) is 1.00. The highest BCUT2D eigenvalue weighted by atomic mass is 32.2. The molecule has 0 amide bonds. The molecule has 1 saturated carbocycles. The Balaban J connectivity index is 1.88. The zero-order valence-corrected chi connectivity index (χ0v) is 9.79. The van der Waals surface area contributed by atoms with E-state index in [1.165, 1.54) is 25.0 Å². The van der Waals surface area contributed by atoms with E-state index in [2.05, 4.69) is 37.8 Å². The normalized spacial score (nSPS) is 45.2. The van der Waals surface area contributed by atoms with Crippen LogP contribution in [-0.2, 0) is 0 Å². The van der Waals surface area contributed by atoms with Crippen molar-refractivity contribution in [2.75, 3.05) is 5.75 Å². The summed E-state index contributed by atoms with van der Waals surface area (Å²) < 4.78 is 0. The van der Waals surface area contributed by atoms with Gasteiger partial charge in [-0.2, -0.15) is 0 Å². The van der Waals surface area contributed by atoms with Crippen LogP contribution in [0.1, 0.15) is 40.0 Å². The maximum atomic E-state index is 3.78. The largest absolute Gasteiger partial charge is 0.300 e. The minimum Gasteiger partial charge on any atom is -0.300 e. The molecule has 13 heavy (non-hydrogen) atoms. The number of hydrogen-bond acceptors (Lipinski definition) is 2. The van der Waals surface area contributed by atoms with Crippen molar-refractivity contribution in [2.45, 2.75) is 50.9 Å². The van der Waals surface area contributed by atoms with Crippen LogP contribution in [0.3, 0.4) is 0 Å². The first-order chi connectivity index (χ1) is 6.11. The summed E-state index contributed by atoms with van der Waals surface area (Å²) in [5, 5.41) is 3.78. The van der Waals surface area contributed by atoms with Gasteiger partial charge in [-0.1, -0.05) is 13.8 Å². The minimum absolute atomic E-state index is 0.493. The maximum Gasteiger partial charge on any atom is 0.0652 e. The van der Waals surface area contributed by atoms with Crippen LogP contribution < -0.4 is 5.32 Å². The molecule has 0 aromatic carbocycles. The third-order valence-electron chi connectivity index (χ3n) is 3.57. The predicted octanol–water partition coefficient (Wildman–Crippen LogP) is 2.86. The van der Waals surface area contributed by atoms with Gasteiger partial charge in [-0.3, -0.25) is 0 Å². The number of thioether (sulfide) groups is 1. The standard InChI is InChI=1S/C11H21NS/c1-8(2)10-6-11(7-10)12-9(3)4-5-13-11/h8-10,12H,4-7H2,1-3H3. The summed E-state index contributed by atoms with van der Waals surface area (Å²) in [7, 11) is 0. The number of rotatable bonds is 1. The Morgan fingerprint density at radius 2 is 2.08 bits per heavy atom. The molecule has 2 fully saturated rings. The number of nitrogens with one attached hydrogen (secondary N) is 1. The average Bonchev–Trinajstić information content (AvgIpc) is 1.99. The van der Waals surface area contributed by atoms with Crippen LogP contribution in [-0.4, -0.2) is 16.7 Å². The van der Waals surface area contributed by atoms with Gasteiger partial charge in [-0.05, 0) is 43.8 Å². The zero-order valence-electron chi connectivity index (χ0n) is 8.97. The smallest absolute Gasteiger partial charge is 0.0652 e. The first kappa shape index (κ1) is 9.85. The van der Waals surface area contributed by atoms with E-state index in [0.717, 1.165) is 17.9 Å². The van der Waals surface area contributed by atoms with Crippen molar-refractivity contribution >= 4 is 11.8 Å². The molecule has 1 spiro atoms. The van der Waals surface area contributed by atoms with Gasteiger partial charge in [0.15, 0.2) is 0 Å². The van der Waals surface area contributed by atoms with Gasteiger partial charge in [0, 0.05) is 6.04 Å². The Morgan fingerprint density at radius 1 is 1.38 bits per heavy atom. The highest BCUT2D eigenvalue weighted by molar-refractivity contribution is 8.00. The lowest BCUT2D eigenvalue weighted by atomic mass is 9.72. The first-order valence-electron chi connectivity index (χ1n) is 5.53. The molecule has 0 bridgehead atoms. The first-order valence-corrected chi connectivity index (χ1v) is 6.51. The van der Waals surface area contributed by atoms with Crippen molar-refractivity contribution in [1.82, 2.24) is 5.32 Å². The molecule has 1 nitrogen and oxygen atoms in total. The van der Waals surface area contributed by atoms with Crippen LogP contribution in [0.25, 0.3) is 0 Å². The summed E-state index contributed by atoms with van der Waals surface area (Å²) in [6, 6.07) is 0.745. The van der Waals surface area contributed by atoms with E-state index in [1.54, 1.807) is 0 Å². The number of hydrogen-bond donors (Lipinski definition) is 1. The molecule has 76 valence electrons. The topological polar surface area (TPSA) is 12.0 Å². The van der Waals surface area contributed by atoms with Gasteiger partial charge >= 0.3 is 0 Å².